The Hall–Kier alpha value is -2.96. The molecule has 3 N–H and O–H groups in total. The summed E-state index contributed by atoms with van der Waals surface area (Å²) < 4.78 is 5.57. The van der Waals surface area contributed by atoms with Crippen molar-refractivity contribution in [2.45, 2.75) is 13.5 Å². The molecule has 1 aromatic heterocycles. The molecule has 108 valence electrons. The summed E-state index contributed by atoms with van der Waals surface area (Å²) in [5, 5.41) is 18.5. The summed E-state index contributed by atoms with van der Waals surface area (Å²) in [4.78, 5) is 14.5. The fourth-order valence-electron chi connectivity index (χ4n) is 1.92. The van der Waals surface area contributed by atoms with Gasteiger partial charge in [-0.25, -0.2) is 0 Å². The SMILES string of the molecule is Cc1cccc([N+](=O)[O-])c1OCc1cccnc1C(=N)N. The number of pyridine rings is 1. The summed E-state index contributed by atoms with van der Waals surface area (Å²) in [7, 11) is 0. The lowest BCUT2D eigenvalue weighted by Crippen LogP contribution is -2.17. The van der Waals surface area contributed by atoms with Crippen LogP contribution in [0.2, 0.25) is 0 Å². The first-order valence-electron chi connectivity index (χ1n) is 6.15. The summed E-state index contributed by atoms with van der Waals surface area (Å²) in [5.41, 5.74) is 6.93. The van der Waals surface area contributed by atoms with Gasteiger partial charge in [0.15, 0.2) is 5.75 Å². The van der Waals surface area contributed by atoms with E-state index in [1.54, 1.807) is 31.2 Å². The molecule has 0 amide bonds. The first kappa shape index (κ1) is 14.4. The molecule has 7 heteroatoms. The molecule has 0 unspecified atom stereocenters. The van der Waals surface area contributed by atoms with Crippen molar-refractivity contribution in [3.8, 4) is 5.75 Å². The molecular weight excluding hydrogens is 272 g/mol. The lowest BCUT2D eigenvalue weighted by Gasteiger charge is -2.11. The minimum atomic E-state index is -0.489. The molecule has 0 saturated heterocycles. The monoisotopic (exact) mass is 286 g/mol. The standard InChI is InChI=1S/C14H14N4O3/c1-9-4-2-6-11(18(19)20)13(9)21-8-10-5-3-7-17-12(10)14(15)16/h2-7H,8H2,1H3,(H3,15,16). The van der Waals surface area contributed by atoms with E-state index in [2.05, 4.69) is 4.98 Å². The number of hydrogen-bond acceptors (Lipinski definition) is 5. The van der Waals surface area contributed by atoms with Crippen molar-refractivity contribution in [2.24, 2.45) is 5.73 Å². The first-order valence-corrected chi connectivity index (χ1v) is 6.15. The van der Waals surface area contributed by atoms with Crippen LogP contribution in [-0.2, 0) is 6.61 Å². The number of nitrogens with two attached hydrogens (primary N) is 1. The van der Waals surface area contributed by atoms with Crippen LogP contribution in [0.15, 0.2) is 36.5 Å². The number of nitro groups is 1. The molecule has 0 saturated carbocycles. The zero-order valence-electron chi connectivity index (χ0n) is 11.4. The van der Waals surface area contributed by atoms with E-state index in [9.17, 15) is 10.1 Å². The van der Waals surface area contributed by atoms with E-state index in [0.717, 1.165) is 0 Å². The number of aryl methyl sites for hydroxylation is 1. The second-order valence-electron chi connectivity index (χ2n) is 4.39. The third-order valence-electron chi connectivity index (χ3n) is 2.91. The van der Waals surface area contributed by atoms with Crippen molar-refractivity contribution in [3.05, 3.63) is 63.5 Å². The average molecular weight is 286 g/mol. The zero-order chi connectivity index (χ0) is 15.4. The zero-order valence-corrected chi connectivity index (χ0v) is 11.4. The average Bonchev–Trinajstić information content (AvgIpc) is 2.45. The third kappa shape index (κ3) is 3.14. The molecule has 21 heavy (non-hydrogen) atoms. The number of nitro benzene ring substituents is 1. The highest BCUT2D eigenvalue weighted by molar-refractivity contribution is 5.94. The Balaban J connectivity index is 2.29. The number of para-hydroxylation sites is 1. The number of aromatic nitrogens is 1. The molecule has 0 spiro atoms. The molecule has 0 radical (unpaired) electrons. The molecule has 0 aliphatic heterocycles. The van der Waals surface area contributed by atoms with Gasteiger partial charge in [0.2, 0.25) is 0 Å². The topological polar surface area (TPSA) is 115 Å². The molecule has 0 bridgehead atoms. The number of nitrogens with zero attached hydrogens (tertiary/aromatic N) is 2. The van der Waals surface area contributed by atoms with E-state index in [-0.39, 0.29) is 23.9 Å². The minimum absolute atomic E-state index is 0.0500. The number of rotatable bonds is 5. The molecule has 2 aromatic rings. The number of hydrogen-bond donors (Lipinski definition) is 2. The Bertz CT molecular complexity index is 700. The van der Waals surface area contributed by atoms with Crippen LogP contribution in [0.5, 0.6) is 5.75 Å². The molecule has 0 aliphatic carbocycles. The van der Waals surface area contributed by atoms with Gasteiger partial charge in [-0.1, -0.05) is 18.2 Å². The number of ether oxygens (including phenoxy) is 1. The highest BCUT2D eigenvalue weighted by Gasteiger charge is 2.17. The van der Waals surface area contributed by atoms with Gasteiger partial charge >= 0.3 is 5.69 Å². The number of benzene rings is 1. The lowest BCUT2D eigenvalue weighted by atomic mass is 10.1. The summed E-state index contributed by atoms with van der Waals surface area (Å²) in [6.45, 7) is 1.78. The van der Waals surface area contributed by atoms with Crippen molar-refractivity contribution in [3.63, 3.8) is 0 Å². The maximum Gasteiger partial charge on any atom is 0.311 e. The Morgan fingerprint density at radius 3 is 2.86 bits per heavy atom. The van der Waals surface area contributed by atoms with E-state index in [0.29, 0.717) is 16.8 Å². The molecule has 7 nitrogen and oxygen atoms in total. The quantitative estimate of drug-likeness (QED) is 0.378. The molecule has 0 aliphatic rings. The highest BCUT2D eigenvalue weighted by Crippen LogP contribution is 2.31. The van der Waals surface area contributed by atoms with Crippen LogP contribution in [0, 0.1) is 22.4 Å². The van der Waals surface area contributed by atoms with Crippen LogP contribution in [0.4, 0.5) is 5.69 Å². The van der Waals surface area contributed by atoms with Crippen molar-refractivity contribution in [2.75, 3.05) is 0 Å². The number of nitrogen functional groups attached to an aromatic ring is 1. The fraction of sp³-hybridized carbons (Fsp3) is 0.143. The van der Waals surface area contributed by atoms with Crippen molar-refractivity contribution < 1.29 is 9.66 Å². The Morgan fingerprint density at radius 1 is 1.43 bits per heavy atom. The predicted octanol–water partition coefficient (Wildman–Crippen LogP) is 2.16. The number of nitrogens with one attached hydrogen (secondary N) is 1. The fourth-order valence-corrected chi connectivity index (χ4v) is 1.92. The van der Waals surface area contributed by atoms with Crippen molar-refractivity contribution in [1.82, 2.24) is 4.98 Å². The maximum atomic E-state index is 11.0. The Morgan fingerprint density at radius 2 is 2.19 bits per heavy atom. The molecular formula is C14H14N4O3. The minimum Gasteiger partial charge on any atom is -0.482 e. The first-order chi connectivity index (χ1) is 10.0. The smallest absolute Gasteiger partial charge is 0.311 e. The third-order valence-corrected chi connectivity index (χ3v) is 2.91. The largest absolute Gasteiger partial charge is 0.482 e. The van der Waals surface area contributed by atoms with E-state index in [1.807, 2.05) is 0 Å². The summed E-state index contributed by atoms with van der Waals surface area (Å²) in [6, 6.07) is 8.13. The van der Waals surface area contributed by atoms with E-state index >= 15 is 0 Å². The molecule has 1 aromatic carbocycles. The second-order valence-corrected chi connectivity index (χ2v) is 4.39. The van der Waals surface area contributed by atoms with Gasteiger partial charge < -0.3 is 10.5 Å². The maximum absolute atomic E-state index is 11.0. The van der Waals surface area contributed by atoms with Crippen LogP contribution in [-0.4, -0.2) is 15.7 Å². The van der Waals surface area contributed by atoms with Gasteiger partial charge in [-0.05, 0) is 18.6 Å². The summed E-state index contributed by atoms with van der Waals surface area (Å²) in [6.07, 6.45) is 1.52. The van der Waals surface area contributed by atoms with Crippen molar-refractivity contribution in [1.29, 1.82) is 5.41 Å². The molecule has 0 atom stereocenters. The van der Waals surface area contributed by atoms with Crippen LogP contribution in [0.3, 0.4) is 0 Å². The van der Waals surface area contributed by atoms with Crippen LogP contribution >= 0.6 is 0 Å². The highest BCUT2D eigenvalue weighted by atomic mass is 16.6. The van der Waals surface area contributed by atoms with Gasteiger partial charge in [0.25, 0.3) is 0 Å². The molecule has 0 fully saturated rings. The van der Waals surface area contributed by atoms with Gasteiger partial charge in [-0.3, -0.25) is 20.5 Å². The van der Waals surface area contributed by atoms with Crippen molar-refractivity contribution >= 4 is 11.5 Å². The normalized spacial score (nSPS) is 10.1. The van der Waals surface area contributed by atoms with Gasteiger partial charge in [-0.2, -0.15) is 0 Å². The lowest BCUT2D eigenvalue weighted by molar-refractivity contribution is -0.386. The van der Waals surface area contributed by atoms with Crippen LogP contribution in [0.25, 0.3) is 0 Å². The second kappa shape index (κ2) is 6.00. The Labute approximate surface area is 121 Å². The molecule has 1 heterocycles. The van der Waals surface area contributed by atoms with Gasteiger partial charge in [-0.15, -0.1) is 0 Å². The van der Waals surface area contributed by atoms with Crippen LogP contribution in [0.1, 0.15) is 16.8 Å². The number of amidine groups is 1. The van der Waals surface area contributed by atoms with Gasteiger partial charge in [0, 0.05) is 17.8 Å². The summed E-state index contributed by atoms with van der Waals surface area (Å²) >= 11 is 0. The van der Waals surface area contributed by atoms with Gasteiger partial charge in [0.1, 0.15) is 18.1 Å². The van der Waals surface area contributed by atoms with Crippen LogP contribution < -0.4 is 10.5 Å². The Kier molecular flexibility index (Phi) is 4.13. The van der Waals surface area contributed by atoms with Gasteiger partial charge in [0.05, 0.1) is 4.92 Å². The van der Waals surface area contributed by atoms with E-state index in [1.165, 1.54) is 12.3 Å². The van der Waals surface area contributed by atoms with E-state index < -0.39 is 4.92 Å². The predicted molar refractivity (Wildman–Crippen MR) is 77.4 cm³/mol. The summed E-state index contributed by atoms with van der Waals surface area (Å²) in [5.74, 6) is 0.0364. The van der Waals surface area contributed by atoms with E-state index in [4.69, 9.17) is 15.9 Å². The molecule has 2 rings (SSSR count).